The third-order valence-corrected chi connectivity index (χ3v) is 10.4. The van der Waals surface area contributed by atoms with Gasteiger partial charge in [-0.1, -0.05) is 58.3 Å². The fourth-order valence-electron chi connectivity index (χ4n) is 6.46. The number of hydrogen-bond acceptors (Lipinski definition) is 15. The molecule has 0 radical (unpaired) electrons. The number of carboxylic acid groups (broad SMARTS) is 1. The lowest BCUT2D eigenvalue weighted by atomic mass is 10.1. The fourth-order valence-corrected chi connectivity index (χ4v) is 6.46. The van der Waals surface area contributed by atoms with Crippen molar-refractivity contribution in [3.05, 3.63) is 0 Å². The largest absolute Gasteiger partial charge is 0.480 e. The molecule has 0 aromatic carbocycles. The summed E-state index contributed by atoms with van der Waals surface area (Å²) < 4.78 is 0. The number of aliphatic hydroxyl groups excluding tert-OH is 3. The van der Waals surface area contributed by atoms with Crippen LogP contribution < -0.4 is 37.2 Å². The molecule has 7 atom stereocenters. The summed E-state index contributed by atoms with van der Waals surface area (Å²) in [6.07, 6.45) is 5.75. The van der Waals surface area contributed by atoms with Gasteiger partial charge in [-0.15, -0.1) is 0 Å². The van der Waals surface area contributed by atoms with Gasteiger partial charge in [0.05, 0.1) is 13.2 Å². The van der Waals surface area contributed by atoms with E-state index in [1.54, 1.807) is 0 Å². The Morgan fingerprint density at radius 2 is 1.12 bits per heavy atom. The molecule has 1 aliphatic rings. The quantitative estimate of drug-likeness (QED) is 0.0192. The summed E-state index contributed by atoms with van der Waals surface area (Å²) in [4.78, 5) is 127. The van der Waals surface area contributed by atoms with Crippen LogP contribution in [-0.4, -0.2) is 175 Å². The average Bonchev–Trinajstić information content (AvgIpc) is 3.30. The second kappa shape index (κ2) is 31.4. The minimum Gasteiger partial charge on any atom is -0.480 e. The van der Waals surface area contributed by atoms with Crippen molar-refractivity contribution in [1.82, 2.24) is 47.3 Å². The first-order valence-corrected chi connectivity index (χ1v) is 21.9. The smallest absolute Gasteiger partial charge is 0.326 e. The maximum Gasteiger partial charge on any atom is 0.326 e. The van der Waals surface area contributed by atoms with Crippen molar-refractivity contribution < 1.29 is 78.8 Å². The van der Waals surface area contributed by atoms with Crippen LogP contribution in [-0.2, 0) is 47.9 Å². The van der Waals surface area contributed by atoms with Crippen LogP contribution in [0.1, 0.15) is 117 Å². The molecular weight excluding hydrogens is 862 g/mol. The Hall–Kier alpha value is -5.50. The number of hydroxylamine groups is 4. The van der Waals surface area contributed by atoms with Crippen LogP contribution in [0.15, 0.2) is 0 Å². The van der Waals surface area contributed by atoms with Crippen molar-refractivity contribution >= 4 is 59.1 Å². The number of unbranched alkanes of at least 4 members (excludes halogenated alkanes) is 8. The highest BCUT2D eigenvalue weighted by Gasteiger charge is 2.38. The summed E-state index contributed by atoms with van der Waals surface area (Å²) in [6.45, 7) is 1.23. The molecule has 1 saturated heterocycles. The molecular formula is C40H69N9O16. The van der Waals surface area contributed by atoms with E-state index < -0.39 is 115 Å². The molecule has 1 aliphatic heterocycles. The number of aliphatic hydroxyl groups is 3. The van der Waals surface area contributed by atoms with E-state index in [0.29, 0.717) is 16.5 Å². The molecule has 7 unspecified atom stereocenters. The van der Waals surface area contributed by atoms with E-state index in [0.717, 1.165) is 52.4 Å². The van der Waals surface area contributed by atoms with Gasteiger partial charge >= 0.3 is 5.97 Å². The molecule has 25 heteroatoms. The number of rotatable bonds is 30. The van der Waals surface area contributed by atoms with Gasteiger partial charge in [0.15, 0.2) is 6.10 Å². The molecule has 0 aromatic rings. The maximum atomic E-state index is 13.5. The number of aliphatic carboxylic acids is 1. The van der Waals surface area contributed by atoms with E-state index in [2.05, 4.69) is 44.1 Å². The minimum atomic E-state index is -2.02. The first-order chi connectivity index (χ1) is 30.8. The van der Waals surface area contributed by atoms with Crippen LogP contribution in [0.3, 0.4) is 0 Å². The third-order valence-electron chi connectivity index (χ3n) is 10.4. The van der Waals surface area contributed by atoms with Crippen molar-refractivity contribution in [1.29, 1.82) is 0 Å². The summed E-state index contributed by atoms with van der Waals surface area (Å²) in [5.74, 6) is -10.3. The van der Waals surface area contributed by atoms with E-state index in [1.165, 1.54) is 12.8 Å². The highest BCUT2D eigenvalue weighted by molar-refractivity contribution is 5.99. The molecule has 1 fully saturated rings. The fraction of sp³-hybridized carbons (Fsp3) is 0.750. The van der Waals surface area contributed by atoms with Gasteiger partial charge in [-0.3, -0.25) is 53.6 Å². The Balaban J connectivity index is 3.07. The Morgan fingerprint density at radius 1 is 0.662 bits per heavy atom. The normalized spacial score (nSPS) is 18.1. The van der Waals surface area contributed by atoms with Crippen LogP contribution in [0.2, 0.25) is 0 Å². The van der Waals surface area contributed by atoms with Crippen molar-refractivity contribution in [2.24, 2.45) is 0 Å². The molecule has 9 amide bonds. The molecule has 1 rings (SSSR count). The first kappa shape index (κ1) is 57.5. The van der Waals surface area contributed by atoms with Gasteiger partial charge in [-0.05, 0) is 38.5 Å². The zero-order valence-corrected chi connectivity index (χ0v) is 37.3. The third kappa shape index (κ3) is 22.3. The van der Waals surface area contributed by atoms with E-state index in [1.807, 2.05) is 0 Å². The second-order valence-electron chi connectivity index (χ2n) is 15.7. The molecule has 13 N–H and O–H groups in total. The Kier molecular flexibility index (Phi) is 27.8. The first-order valence-electron chi connectivity index (χ1n) is 21.9. The van der Waals surface area contributed by atoms with Crippen LogP contribution >= 0.6 is 0 Å². The van der Waals surface area contributed by atoms with Gasteiger partial charge in [0.2, 0.25) is 47.3 Å². The van der Waals surface area contributed by atoms with Crippen molar-refractivity contribution in [3.63, 3.8) is 0 Å². The highest BCUT2D eigenvalue weighted by atomic mass is 16.5. The van der Waals surface area contributed by atoms with Gasteiger partial charge < -0.3 is 57.6 Å². The number of carbonyl (C=O) groups is 10. The van der Waals surface area contributed by atoms with E-state index in [9.17, 15) is 78.8 Å². The maximum absolute atomic E-state index is 13.5. The zero-order valence-electron chi connectivity index (χ0n) is 37.3. The molecule has 0 spiro atoms. The Bertz CT molecular complexity index is 1600. The average molecular weight is 932 g/mol. The van der Waals surface area contributed by atoms with Crippen molar-refractivity contribution in [2.75, 3.05) is 32.8 Å². The van der Waals surface area contributed by atoms with E-state index >= 15 is 0 Å². The molecule has 0 saturated carbocycles. The van der Waals surface area contributed by atoms with Gasteiger partial charge in [-0.2, -0.15) is 0 Å². The molecule has 65 heavy (non-hydrogen) atoms. The Labute approximate surface area is 377 Å². The second-order valence-corrected chi connectivity index (χ2v) is 15.7. The number of carboxylic acids is 1. The summed E-state index contributed by atoms with van der Waals surface area (Å²) >= 11 is 0. The number of carbonyl (C=O) groups excluding carboxylic acids is 9. The van der Waals surface area contributed by atoms with Crippen LogP contribution in [0.25, 0.3) is 0 Å². The topological polar surface area (TPSA) is 383 Å². The minimum absolute atomic E-state index is 0.00735. The number of amides is 9. The van der Waals surface area contributed by atoms with Gasteiger partial charge in [-0.25, -0.2) is 14.9 Å². The van der Waals surface area contributed by atoms with Crippen molar-refractivity contribution in [2.45, 2.75) is 159 Å². The lowest BCUT2D eigenvalue weighted by molar-refractivity contribution is -0.163. The van der Waals surface area contributed by atoms with E-state index in [4.69, 9.17) is 0 Å². The standard InChI is InChI=1S/C40H69N9O16/c1-4-5-6-7-8-9-10-11-12-17-31(54)47-32-33(55)39(61)41-19-18-27(43-38(32)60)35(57)46-29(22-50)36(58)42-26(15-13-20-48(64)24(2)52)34(56)45-30(23-51)37(59)44-28(40(62)63)16-14-21-49(65)25(3)53/h26-30,32-33,50-51,55,64-65H,4-23H2,1-3H3,(H,41,61)(H,42,58)(H,43,60)(H,44,59)(H,45,56)(H,46,57)(H,47,54)(H,62,63). The number of nitrogens with zero attached hydrogens (tertiary/aromatic N) is 2. The van der Waals surface area contributed by atoms with Crippen molar-refractivity contribution in [3.8, 4) is 0 Å². The summed E-state index contributed by atoms with van der Waals surface area (Å²) in [5.41, 5.74) is 0. The monoisotopic (exact) mass is 931 g/mol. The number of nitrogens with one attached hydrogen (secondary N) is 7. The highest BCUT2D eigenvalue weighted by Crippen LogP contribution is 2.12. The van der Waals surface area contributed by atoms with Crippen LogP contribution in [0, 0.1) is 0 Å². The molecule has 25 nitrogen and oxygen atoms in total. The molecule has 1 heterocycles. The SMILES string of the molecule is CCCCCCCCCCCC(=O)NC1C(=O)NC(C(=O)NC(CO)C(=O)NC(CCCN(O)C(C)=O)C(=O)NC(CO)C(=O)NC(CCCN(O)C(C)=O)C(=O)O)CCNC(=O)C1O. The predicted octanol–water partition coefficient (Wildman–Crippen LogP) is -3.20. The van der Waals surface area contributed by atoms with Gasteiger partial charge in [0, 0.05) is 39.9 Å². The van der Waals surface area contributed by atoms with Crippen LogP contribution in [0.5, 0.6) is 0 Å². The summed E-state index contributed by atoms with van der Waals surface area (Å²) in [5, 5.41) is 76.2. The summed E-state index contributed by atoms with van der Waals surface area (Å²) in [7, 11) is 0. The predicted molar refractivity (Wildman–Crippen MR) is 226 cm³/mol. The number of hydrogen-bond donors (Lipinski definition) is 13. The summed E-state index contributed by atoms with van der Waals surface area (Å²) in [6, 6.07) is -10.1. The Morgan fingerprint density at radius 3 is 1.63 bits per heavy atom. The molecule has 0 aliphatic carbocycles. The molecule has 370 valence electrons. The molecule has 0 bridgehead atoms. The lowest BCUT2D eigenvalue weighted by Crippen LogP contribution is -2.61. The van der Waals surface area contributed by atoms with Gasteiger partial charge in [0.1, 0.15) is 36.3 Å². The van der Waals surface area contributed by atoms with Gasteiger partial charge in [0.25, 0.3) is 5.91 Å². The van der Waals surface area contributed by atoms with Crippen LogP contribution in [0.4, 0.5) is 0 Å². The lowest BCUT2D eigenvalue weighted by Gasteiger charge is -2.26. The van der Waals surface area contributed by atoms with E-state index in [-0.39, 0.29) is 58.2 Å². The molecule has 0 aromatic heterocycles. The zero-order chi connectivity index (χ0) is 49.1.